The Hall–Kier alpha value is 0.0500. The Bertz CT molecular complexity index is 469. The summed E-state index contributed by atoms with van der Waals surface area (Å²) in [4.78, 5) is 2.21. The number of hydrogen-bond acceptors (Lipinski definition) is 4. The Morgan fingerprint density at radius 2 is 2.06 bits per heavy atom. The number of sulfonamides is 1. The standard InChI is InChI=1S/C11H19BrN2O2S2/c1-4-14(5-2)9(3)8-13-18(15,16)11-10(12)6-7-17-11/h6-7,9,13H,4-5,8H2,1-3H3. The Kier molecular flexibility index (Phi) is 6.26. The molecule has 1 aromatic rings. The summed E-state index contributed by atoms with van der Waals surface area (Å²) in [7, 11) is -3.40. The van der Waals surface area contributed by atoms with Crippen molar-refractivity contribution in [3.8, 4) is 0 Å². The van der Waals surface area contributed by atoms with E-state index in [4.69, 9.17) is 0 Å². The number of likely N-dealkylation sites (N-methyl/N-ethyl adjacent to an activating group) is 1. The molecule has 0 saturated carbocycles. The van der Waals surface area contributed by atoms with Crippen LogP contribution < -0.4 is 4.72 Å². The van der Waals surface area contributed by atoms with Gasteiger partial charge in [0.15, 0.2) is 0 Å². The largest absolute Gasteiger partial charge is 0.300 e. The lowest BCUT2D eigenvalue weighted by Crippen LogP contribution is -2.41. The summed E-state index contributed by atoms with van der Waals surface area (Å²) >= 11 is 4.46. The first kappa shape index (κ1) is 16.1. The molecule has 18 heavy (non-hydrogen) atoms. The van der Waals surface area contributed by atoms with E-state index in [0.717, 1.165) is 13.1 Å². The van der Waals surface area contributed by atoms with Gasteiger partial charge in [-0.3, -0.25) is 4.90 Å². The van der Waals surface area contributed by atoms with E-state index in [2.05, 4.69) is 39.4 Å². The van der Waals surface area contributed by atoms with Crippen molar-refractivity contribution < 1.29 is 8.42 Å². The van der Waals surface area contributed by atoms with E-state index in [0.29, 0.717) is 15.2 Å². The van der Waals surface area contributed by atoms with E-state index in [1.54, 1.807) is 11.4 Å². The fraction of sp³-hybridized carbons (Fsp3) is 0.636. The molecule has 0 bridgehead atoms. The Morgan fingerprint density at radius 3 is 2.50 bits per heavy atom. The van der Waals surface area contributed by atoms with E-state index < -0.39 is 10.0 Å². The van der Waals surface area contributed by atoms with Crippen molar-refractivity contribution >= 4 is 37.3 Å². The highest BCUT2D eigenvalue weighted by atomic mass is 79.9. The van der Waals surface area contributed by atoms with E-state index in [9.17, 15) is 8.42 Å². The van der Waals surface area contributed by atoms with Gasteiger partial charge in [-0.2, -0.15) is 0 Å². The zero-order valence-corrected chi connectivity index (χ0v) is 14.0. The molecule has 0 saturated heterocycles. The minimum Gasteiger partial charge on any atom is -0.300 e. The lowest BCUT2D eigenvalue weighted by atomic mass is 10.3. The molecule has 0 aliphatic rings. The Morgan fingerprint density at radius 1 is 1.44 bits per heavy atom. The first-order valence-corrected chi connectivity index (χ1v) is 9.04. The van der Waals surface area contributed by atoms with Crippen LogP contribution >= 0.6 is 27.3 Å². The van der Waals surface area contributed by atoms with E-state index >= 15 is 0 Å². The molecule has 1 heterocycles. The van der Waals surface area contributed by atoms with Gasteiger partial charge >= 0.3 is 0 Å². The van der Waals surface area contributed by atoms with Gasteiger partial charge in [-0.05, 0) is 47.4 Å². The van der Waals surface area contributed by atoms with Crippen LogP contribution in [0.4, 0.5) is 0 Å². The van der Waals surface area contributed by atoms with E-state index in [1.807, 2.05) is 6.92 Å². The number of thiophene rings is 1. The smallest absolute Gasteiger partial charge is 0.251 e. The van der Waals surface area contributed by atoms with Crippen LogP contribution in [0, 0.1) is 0 Å². The lowest BCUT2D eigenvalue weighted by Gasteiger charge is -2.26. The van der Waals surface area contributed by atoms with Gasteiger partial charge in [0.25, 0.3) is 10.0 Å². The topological polar surface area (TPSA) is 49.4 Å². The normalized spacial score (nSPS) is 14.1. The van der Waals surface area contributed by atoms with Crippen molar-refractivity contribution in [2.24, 2.45) is 0 Å². The summed E-state index contributed by atoms with van der Waals surface area (Å²) in [6, 6.07) is 1.93. The summed E-state index contributed by atoms with van der Waals surface area (Å²) in [6.45, 7) is 8.44. The molecule has 104 valence electrons. The van der Waals surface area contributed by atoms with Crippen LogP contribution in [0.1, 0.15) is 20.8 Å². The molecule has 0 aromatic carbocycles. The Labute approximate surface area is 122 Å². The van der Waals surface area contributed by atoms with Crippen LogP contribution in [0.2, 0.25) is 0 Å². The van der Waals surface area contributed by atoms with Crippen LogP contribution in [0.15, 0.2) is 20.1 Å². The zero-order chi connectivity index (χ0) is 13.8. The lowest BCUT2D eigenvalue weighted by molar-refractivity contribution is 0.232. The molecule has 1 atom stereocenters. The van der Waals surface area contributed by atoms with Gasteiger partial charge in [-0.15, -0.1) is 11.3 Å². The second-order valence-corrected chi connectivity index (χ2v) is 7.71. The number of halogens is 1. The molecule has 0 spiro atoms. The molecule has 1 rings (SSSR count). The van der Waals surface area contributed by atoms with Crippen LogP contribution in [0.3, 0.4) is 0 Å². The van der Waals surface area contributed by atoms with Gasteiger partial charge in [0.1, 0.15) is 4.21 Å². The second-order valence-electron chi connectivity index (χ2n) is 3.98. The Balaban J connectivity index is 2.66. The average Bonchev–Trinajstić information content (AvgIpc) is 2.75. The highest BCUT2D eigenvalue weighted by Crippen LogP contribution is 2.27. The first-order valence-electron chi connectivity index (χ1n) is 5.89. The fourth-order valence-electron chi connectivity index (χ4n) is 1.74. The average molecular weight is 355 g/mol. The van der Waals surface area contributed by atoms with Crippen LogP contribution in [0.5, 0.6) is 0 Å². The molecule has 0 aliphatic carbocycles. The third-order valence-electron chi connectivity index (χ3n) is 2.83. The van der Waals surface area contributed by atoms with Gasteiger partial charge < -0.3 is 0 Å². The predicted octanol–water partition coefficient (Wildman–Crippen LogP) is 2.52. The molecular formula is C11H19BrN2O2S2. The number of nitrogens with one attached hydrogen (secondary N) is 1. The molecule has 0 aliphatic heterocycles. The molecule has 0 radical (unpaired) electrons. The third kappa shape index (κ3) is 4.03. The van der Waals surface area contributed by atoms with E-state index in [1.165, 1.54) is 11.3 Å². The van der Waals surface area contributed by atoms with Gasteiger partial charge in [0.05, 0.1) is 0 Å². The van der Waals surface area contributed by atoms with Crippen LogP contribution in [0.25, 0.3) is 0 Å². The minimum absolute atomic E-state index is 0.188. The molecule has 1 unspecified atom stereocenters. The SMILES string of the molecule is CCN(CC)C(C)CNS(=O)(=O)c1sccc1Br. The van der Waals surface area contributed by atoms with Crippen LogP contribution in [-0.2, 0) is 10.0 Å². The summed E-state index contributed by atoms with van der Waals surface area (Å²) < 4.78 is 27.8. The monoisotopic (exact) mass is 354 g/mol. The molecule has 1 aromatic heterocycles. The maximum atomic E-state index is 12.1. The predicted molar refractivity (Wildman–Crippen MR) is 79.6 cm³/mol. The van der Waals surface area contributed by atoms with Gasteiger partial charge in [0, 0.05) is 17.1 Å². The summed E-state index contributed by atoms with van der Waals surface area (Å²) in [5, 5.41) is 1.76. The fourth-order valence-corrected chi connectivity index (χ4v) is 5.25. The number of hydrogen-bond donors (Lipinski definition) is 1. The van der Waals surface area contributed by atoms with Gasteiger partial charge in [-0.1, -0.05) is 13.8 Å². The molecular weight excluding hydrogens is 336 g/mol. The maximum Gasteiger partial charge on any atom is 0.251 e. The molecule has 7 heteroatoms. The molecule has 0 amide bonds. The maximum absolute atomic E-state index is 12.1. The second kappa shape index (κ2) is 7.00. The van der Waals surface area contributed by atoms with E-state index in [-0.39, 0.29) is 6.04 Å². The highest BCUT2D eigenvalue weighted by Gasteiger charge is 2.20. The van der Waals surface area contributed by atoms with Gasteiger partial charge in [-0.25, -0.2) is 13.1 Å². The number of rotatable bonds is 7. The summed E-state index contributed by atoms with van der Waals surface area (Å²) in [5.74, 6) is 0. The zero-order valence-electron chi connectivity index (χ0n) is 10.8. The van der Waals surface area contributed by atoms with Crippen molar-refractivity contribution in [1.82, 2.24) is 9.62 Å². The van der Waals surface area contributed by atoms with Crippen molar-refractivity contribution in [1.29, 1.82) is 0 Å². The summed E-state index contributed by atoms with van der Waals surface area (Å²) in [6.07, 6.45) is 0. The minimum atomic E-state index is -3.40. The highest BCUT2D eigenvalue weighted by molar-refractivity contribution is 9.10. The molecule has 0 fully saturated rings. The van der Waals surface area contributed by atoms with Crippen molar-refractivity contribution in [2.45, 2.75) is 31.0 Å². The third-order valence-corrected chi connectivity index (χ3v) is 6.93. The van der Waals surface area contributed by atoms with Crippen molar-refractivity contribution in [2.75, 3.05) is 19.6 Å². The summed E-state index contributed by atoms with van der Waals surface area (Å²) in [5.41, 5.74) is 0. The van der Waals surface area contributed by atoms with Crippen molar-refractivity contribution in [3.05, 3.63) is 15.9 Å². The van der Waals surface area contributed by atoms with Gasteiger partial charge in [0.2, 0.25) is 0 Å². The number of nitrogens with zero attached hydrogens (tertiary/aromatic N) is 1. The molecule has 1 N–H and O–H groups in total. The molecule has 4 nitrogen and oxygen atoms in total. The van der Waals surface area contributed by atoms with Crippen molar-refractivity contribution in [3.63, 3.8) is 0 Å². The quantitative estimate of drug-likeness (QED) is 0.818. The van der Waals surface area contributed by atoms with Crippen LogP contribution in [-0.4, -0.2) is 39.0 Å². The first-order chi connectivity index (χ1) is 8.42.